The zero-order valence-electron chi connectivity index (χ0n) is 9.41. The van der Waals surface area contributed by atoms with Gasteiger partial charge in [0.1, 0.15) is 17.5 Å². The predicted octanol–water partition coefficient (Wildman–Crippen LogP) is 2.31. The van der Waals surface area contributed by atoms with E-state index in [2.05, 4.69) is 36.0 Å². The molecule has 3 aromatic heterocycles. The van der Waals surface area contributed by atoms with E-state index in [0.29, 0.717) is 11.6 Å². The third kappa shape index (κ3) is 1.92. The maximum Gasteiger partial charge on any atom is 0.233 e. The van der Waals surface area contributed by atoms with Crippen molar-refractivity contribution in [2.75, 3.05) is 0 Å². The number of hydrogen-bond acceptors (Lipinski definition) is 5. The van der Waals surface area contributed by atoms with Crippen LogP contribution in [0, 0.1) is 0 Å². The van der Waals surface area contributed by atoms with Crippen LogP contribution in [0.15, 0.2) is 35.5 Å². The van der Waals surface area contributed by atoms with Crippen LogP contribution in [-0.2, 0) is 7.05 Å². The smallest absolute Gasteiger partial charge is 0.233 e. The van der Waals surface area contributed by atoms with Gasteiger partial charge >= 0.3 is 0 Å². The minimum absolute atomic E-state index is 0.466. The summed E-state index contributed by atoms with van der Waals surface area (Å²) < 4.78 is 8.20. The molecule has 0 spiro atoms. The Hall–Kier alpha value is -2.02. The molecule has 0 unspecified atom stereocenters. The molecule has 0 saturated carbocycles. The average Bonchev–Trinajstić information content (AvgIpc) is 2.73. The lowest BCUT2D eigenvalue weighted by Gasteiger charge is -2.04. The molecule has 0 bridgehead atoms. The van der Waals surface area contributed by atoms with Crippen molar-refractivity contribution in [3.63, 3.8) is 0 Å². The Kier molecular flexibility index (Phi) is 2.67. The second-order valence-corrected chi connectivity index (χ2v) is 4.54. The molecular formula is C11H8BrN5O. The number of fused-ring (bicyclic) bond motifs is 1. The quantitative estimate of drug-likeness (QED) is 0.727. The van der Waals surface area contributed by atoms with Crippen molar-refractivity contribution in [3.05, 3.63) is 35.5 Å². The molecule has 0 fully saturated rings. The monoisotopic (exact) mass is 305 g/mol. The zero-order valence-corrected chi connectivity index (χ0v) is 11.0. The summed E-state index contributed by atoms with van der Waals surface area (Å²) in [7, 11) is 1.82. The Morgan fingerprint density at radius 1 is 1.22 bits per heavy atom. The molecule has 0 radical (unpaired) electrons. The Bertz CT molecular complexity index is 711. The Morgan fingerprint density at radius 2 is 2.11 bits per heavy atom. The lowest BCUT2D eigenvalue weighted by molar-refractivity contribution is 0.465. The van der Waals surface area contributed by atoms with Crippen molar-refractivity contribution in [1.29, 1.82) is 0 Å². The number of pyridine rings is 1. The van der Waals surface area contributed by atoms with Gasteiger partial charge in [0, 0.05) is 17.7 Å². The van der Waals surface area contributed by atoms with Crippen LogP contribution in [0.1, 0.15) is 0 Å². The molecule has 0 aliphatic rings. The molecule has 0 saturated heterocycles. The standard InChI is InChI=1S/C11H8BrN5O/c1-17-10-9(5-16-17)11(15-6-14-10)18-8-2-7(12)3-13-4-8/h2-6H,1H3. The topological polar surface area (TPSA) is 65.7 Å². The minimum Gasteiger partial charge on any atom is -0.436 e. The van der Waals surface area contributed by atoms with Crippen molar-refractivity contribution < 1.29 is 4.74 Å². The van der Waals surface area contributed by atoms with Crippen LogP contribution in [0.25, 0.3) is 11.0 Å². The lowest BCUT2D eigenvalue weighted by atomic mass is 10.4. The van der Waals surface area contributed by atoms with E-state index in [0.717, 1.165) is 15.5 Å². The SMILES string of the molecule is Cn1ncc2c(Oc3cncc(Br)c3)ncnc21. The first-order chi connectivity index (χ1) is 8.74. The van der Waals surface area contributed by atoms with Crippen molar-refractivity contribution >= 4 is 27.0 Å². The van der Waals surface area contributed by atoms with Crippen molar-refractivity contribution in [2.45, 2.75) is 0 Å². The van der Waals surface area contributed by atoms with Crippen LogP contribution < -0.4 is 4.74 Å². The fraction of sp³-hybridized carbons (Fsp3) is 0.0909. The fourth-order valence-electron chi connectivity index (χ4n) is 1.58. The third-order valence-corrected chi connectivity index (χ3v) is 2.82. The second kappa shape index (κ2) is 4.34. The molecule has 90 valence electrons. The Labute approximate surface area is 111 Å². The molecule has 6 nitrogen and oxygen atoms in total. The molecular weight excluding hydrogens is 298 g/mol. The van der Waals surface area contributed by atoms with Gasteiger partial charge in [-0.25, -0.2) is 9.97 Å². The van der Waals surface area contributed by atoms with Crippen LogP contribution in [0.5, 0.6) is 11.6 Å². The number of hydrogen-bond donors (Lipinski definition) is 0. The molecule has 0 atom stereocenters. The summed E-state index contributed by atoms with van der Waals surface area (Å²) in [6.07, 6.45) is 6.43. The Morgan fingerprint density at radius 3 is 2.94 bits per heavy atom. The highest BCUT2D eigenvalue weighted by molar-refractivity contribution is 9.10. The van der Waals surface area contributed by atoms with E-state index in [-0.39, 0.29) is 0 Å². The fourth-order valence-corrected chi connectivity index (χ4v) is 1.93. The zero-order chi connectivity index (χ0) is 12.5. The number of ether oxygens (including phenoxy) is 1. The van der Waals surface area contributed by atoms with Gasteiger partial charge in [0.05, 0.1) is 12.4 Å². The number of halogens is 1. The molecule has 0 aliphatic heterocycles. The summed E-state index contributed by atoms with van der Waals surface area (Å²) in [5.41, 5.74) is 0.725. The molecule has 0 amide bonds. The maximum absolute atomic E-state index is 5.69. The summed E-state index contributed by atoms with van der Waals surface area (Å²) >= 11 is 3.34. The summed E-state index contributed by atoms with van der Waals surface area (Å²) in [6.45, 7) is 0. The number of aromatic nitrogens is 5. The first kappa shape index (κ1) is 11.1. The van der Waals surface area contributed by atoms with Gasteiger partial charge in [0.25, 0.3) is 0 Å². The van der Waals surface area contributed by atoms with Gasteiger partial charge in [0.15, 0.2) is 5.65 Å². The predicted molar refractivity (Wildman–Crippen MR) is 68.3 cm³/mol. The van der Waals surface area contributed by atoms with E-state index in [4.69, 9.17) is 4.74 Å². The molecule has 3 heterocycles. The number of aryl methyl sites for hydroxylation is 1. The highest BCUT2D eigenvalue weighted by Gasteiger charge is 2.09. The van der Waals surface area contributed by atoms with Gasteiger partial charge in [-0.2, -0.15) is 5.10 Å². The van der Waals surface area contributed by atoms with Gasteiger partial charge in [0.2, 0.25) is 5.88 Å². The van der Waals surface area contributed by atoms with Crippen LogP contribution in [0.2, 0.25) is 0 Å². The minimum atomic E-state index is 0.466. The summed E-state index contributed by atoms with van der Waals surface area (Å²) in [4.78, 5) is 12.3. The van der Waals surface area contributed by atoms with Crippen LogP contribution in [0.4, 0.5) is 0 Å². The van der Waals surface area contributed by atoms with E-state index in [1.807, 2.05) is 13.1 Å². The van der Waals surface area contributed by atoms with E-state index in [9.17, 15) is 0 Å². The molecule has 0 aliphatic carbocycles. The van der Waals surface area contributed by atoms with Crippen molar-refractivity contribution in [3.8, 4) is 11.6 Å². The van der Waals surface area contributed by atoms with Crippen LogP contribution >= 0.6 is 15.9 Å². The van der Waals surface area contributed by atoms with Crippen LogP contribution in [-0.4, -0.2) is 24.7 Å². The maximum atomic E-state index is 5.69. The number of rotatable bonds is 2. The highest BCUT2D eigenvalue weighted by Crippen LogP contribution is 2.26. The Balaban J connectivity index is 2.05. The van der Waals surface area contributed by atoms with Crippen LogP contribution in [0.3, 0.4) is 0 Å². The average molecular weight is 306 g/mol. The van der Waals surface area contributed by atoms with E-state index in [1.165, 1.54) is 6.33 Å². The van der Waals surface area contributed by atoms with Gasteiger partial charge in [-0.3, -0.25) is 9.67 Å². The third-order valence-electron chi connectivity index (χ3n) is 2.39. The first-order valence-corrected chi connectivity index (χ1v) is 5.94. The van der Waals surface area contributed by atoms with E-state index < -0.39 is 0 Å². The first-order valence-electron chi connectivity index (χ1n) is 5.15. The summed E-state index contributed by atoms with van der Waals surface area (Å²) in [5, 5.41) is 4.89. The second-order valence-electron chi connectivity index (χ2n) is 3.63. The number of nitrogens with zero attached hydrogens (tertiary/aromatic N) is 5. The van der Waals surface area contributed by atoms with Crippen molar-refractivity contribution in [1.82, 2.24) is 24.7 Å². The molecule has 0 N–H and O–H groups in total. The van der Waals surface area contributed by atoms with Gasteiger partial charge in [-0.15, -0.1) is 0 Å². The lowest BCUT2D eigenvalue weighted by Crippen LogP contribution is -1.94. The van der Waals surface area contributed by atoms with Gasteiger partial charge in [-0.05, 0) is 22.0 Å². The highest BCUT2D eigenvalue weighted by atomic mass is 79.9. The molecule has 0 aromatic carbocycles. The van der Waals surface area contributed by atoms with E-state index >= 15 is 0 Å². The molecule has 3 rings (SSSR count). The van der Waals surface area contributed by atoms with E-state index in [1.54, 1.807) is 23.3 Å². The normalized spacial score (nSPS) is 10.8. The molecule has 18 heavy (non-hydrogen) atoms. The molecule has 3 aromatic rings. The van der Waals surface area contributed by atoms with Crippen molar-refractivity contribution in [2.24, 2.45) is 7.05 Å². The summed E-state index contributed by atoms with van der Waals surface area (Å²) in [6, 6.07) is 1.82. The van der Waals surface area contributed by atoms with Gasteiger partial charge in [-0.1, -0.05) is 0 Å². The largest absolute Gasteiger partial charge is 0.436 e. The molecule has 7 heteroatoms. The summed E-state index contributed by atoms with van der Waals surface area (Å²) in [5.74, 6) is 1.07. The van der Waals surface area contributed by atoms with Gasteiger partial charge < -0.3 is 4.74 Å².